The van der Waals surface area contributed by atoms with Gasteiger partial charge in [0.15, 0.2) is 0 Å². The molecule has 13 heteroatoms. The minimum Gasteiger partial charge on any atom is -0.390 e. The van der Waals surface area contributed by atoms with Gasteiger partial charge >= 0.3 is 6.18 Å². The Morgan fingerprint density at radius 3 is 2.50 bits per heavy atom. The first-order valence-corrected chi connectivity index (χ1v) is 16.1. The molecule has 1 amide bonds. The Morgan fingerprint density at radius 2 is 1.82 bits per heavy atom. The Hall–Kier alpha value is -3.62. The maximum Gasteiger partial charge on any atom is 0.416 e. The summed E-state index contributed by atoms with van der Waals surface area (Å²) in [5, 5.41) is 17.2. The van der Waals surface area contributed by atoms with Gasteiger partial charge in [0.2, 0.25) is 0 Å². The van der Waals surface area contributed by atoms with Crippen LogP contribution in [0.25, 0.3) is 11.0 Å². The van der Waals surface area contributed by atoms with Crippen molar-refractivity contribution in [2.45, 2.75) is 51.2 Å². The molecule has 0 aliphatic carbocycles. The van der Waals surface area contributed by atoms with Crippen LogP contribution < -0.4 is 14.9 Å². The SMILES string of the molecule is CCn1cnc2c(N3CCCS3(O)O)cc(C(=O)N[C@@H](Cc3ccccc3)[C@@H](O)CNCc3cccc(C(F)(F)F)c3)cc21. The molecule has 3 aromatic carbocycles. The molecule has 2 atom stereocenters. The molecule has 0 spiro atoms. The number of anilines is 1. The van der Waals surface area contributed by atoms with Crippen LogP contribution in [0, 0.1) is 0 Å². The highest BCUT2D eigenvalue weighted by Gasteiger charge is 2.33. The smallest absolute Gasteiger partial charge is 0.390 e. The van der Waals surface area contributed by atoms with Crippen molar-refractivity contribution >= 4 is 33.4 Å². The van der Waals surface area contributed by atoms with Crippen molar-refractivity contribution in [3.05, 3.63) is 95.3 Å². The number of aliphatic hydroxyl groups is 1. The topological polar surface area (TPSA) is 123 Å². The first kappa shape index (κ1) is 31.8. The molecule has 2 heterocycles. The molecule has 1 fully saturated rings. The molecule has 9 nitrogen and oxygen atoms in total. The molecule has 5 rings (SSSR count). The van der Waals surface area contributed by atoms with Gasteiger partial charge < -0.3 is 20.3 Å². The molecule has 1 aromatic heterocycles. The molecular weight excluding hydrogens is 595 g/mol. The number of halogens is 3. The normalized spacial score (nSPS) is 17.0. The summed E-state index contributed by atoms with van der Waals surface area (Å²) in [5.74, 6) is -0.233. The van der Waals surface area contributed by atoms with Crippen LogP contribution in [-0.2, 0) is 25.7 Å². The van der Waals surface area contributed by atoms with Gasteiger partial charge in [0.25, 0.3) is 5.91 Å². The van der Waals surface area contributed by atoms with Crippen molar-refractivity contribution in [2.24, 2.45) is 0 Å². The summed E-state index contributed by atoms with van der Waals surface area (Å²) in [4.78, 5) is 18.2. The van der Waals surface area contributed by atoms with E-state index in [0.717, 1.165) is 17.7 Å². The molecule has 1 aliphatic heterocycles. The van der Waals surface area contributed by atoms with Crippen LogP contribution in [0.2, 0.25) is 0 Å². The predicted octanol–water partition coefficient (Wildman–Crippen LogP) is 5.44. The fourth-order valence-electron chi connectivity index (χ4n) is 5.42. The van der Waals surface area contributed by atoms with E-state index in [1.807, 2.05) is 41.8 Å². The van der Waals surface area contributed by atoms with E-state index in [9.17, 15) is 32.2 Å². The second-order valence-corrected chi connectivity index (χ2v) is 13.0. The third kappa shape index (κ3) is 7.19. The van der Waals surface area contributed by atoms with Crippen molar-refractivity contribution in [1.82, 2.24) is 20.2 Å². The molecule has 0 unspecified atom stereocenters. The number of hydrogen-bond acceptors (Lipinski definition) is 7. The maximum absolute atomic E-state index is 13.8. The number of carbonyl (C=O) groups is 1. The van der Waals surface area contributed by atoms with Crippen LogP contribution in [0.4, 0.5) is 18.9 Å². The molecule has 5 N–H and O–H groups in total. The number of nitrogens with one attached hydrogen (secondary N) is 2. The molecule has 44 heavy (non-hydrogen) atoms. The third-order valence-corrected chi connectivity index (χ3v) is 9.65. The lowest BCUT2D eigenvalue weighted by Gasteiger charge is -2.38. The zero-order valence-corrected chi connectivity index (χ0v) is 25.0. The van der Waals surface area contributed by atoms with Crippen LogP contribution in [0.15, 0.2) is 73.1 Å². The molecule has 0 bridgehead atoms. The highest BCUT2D eigenvalue weighted by Crippen LogP contribution is 2.52. The largest absolute Gasteiger partial charge is 0.416 e. The number of carbonyl (C=O) groups excluding carboxylic acids is 1. The number of rotatable bonds is 11. The number of hydrogen-bond donors (Lipinski definition) is 5. The van der Waals surface area contributed by atoms with E-state index < -0.39 is 40.6 Å². The Bertz CT molecular complexity index is 1600. The van der Waals surface area contributed by atoms with Gasteiger partial charge in [0, 0.05) is 31.7 Å². The van der Waals surface area contributed by atoms with Gasteiger partial charge in [0.05, 0.1) is 41.0 Å². The average Bonchev–Trinajstić information content (AvgIpc) is 3.58. The molecular formula is C31H36F3N5O4S. The zero-order chi connectivity index (χ0) is 31.5. The summed E-state index contributed by atoms with van der Waals surface area (Å²) in [5.41, 5.74) is 2.50. The van der Waals surface area contributed by atoms with Gasteiger partial charge in [-0.1, -0.05) is 48.5 Å². The minimum atomic E-state index is -4.45. The lowest BCUT2D eigenvalue weighted by Crippen LogP contribution is -2.48. The van der Waals surface area contributed by atoms with E-state index in [0.29, 0.717) is 48.2 Å². The van der Waals surface area contributed by atoms with Crippen molar-refractivity contribution in [2.75, 3.05) is 23.1 Å². The summed E-state index contributed by atoms with van der Waals surface area (Å²) in [7, 11) is -3.05. The van der Waals surface area contributed by atoms with Crippen molar-refractivity contribution in [3.63, 3.8) is 0 Å². The fourth-order valence-corrected chi connectivity index (χ4v) is 7.03. The van der Waals surface area contributed by atoms with Crippen LogP contribution in [0.5, 0.6) is 0 Å². The summed E-state index contributed by atoms with van der Waals surface area (Å²) in [6.45, 7) is 3.04. The van der Waals surface area contributed by atoms with Crippen molar-refractivity contribution in [1.29, 1.82) is 0 Å². The van der Waals surface area contributed by atoms with Gasteiger partial charge in [-0.15, -0.1) is 10.8 Å². The number of imidazole rings is 1. The molecule has 4 aromatic rings. The van der Waals surface area contributed by atoms with Crippen molar-refractivity contribution in [3.8, 4) is 0 Å². The van der Waals surface area contributed by atoms with E-state index in [4.69, 9.17) is 0 Å². The Labute approximate surface area is 255 Å². The maximum atomic E-state index is 13.8. The molecule has 1 saturated heterocycles. The van der Waals surface area contributed by atoms with Gasteiger partial charge in [0.1, 0.15) is 5.52 Å². The number of amides is 1. The molecule has 0 saturated carbocycles. The minimum absolute atomic E-state index is 0.00952. The lowest BCUT2D eigenvalue weighted by molar-refractivity contribution is -0.137. The summed E-state index contributed by atoms with van der Waals surface area (Å²) in [6.07, 6.45) is -3.00. The second-order valence-electron chi connectivity index (χ2n) is 10.9. The van der Waals surface area contributed by atoms with Gasteiger partial charge in [-0.05, 0) is 49.1 Å². The Balaban J connectivity index is 1.37. The zero-order valence-electron chi connectivity index (χ0n) is 24.2. The summed E-state index contributed by atoms with van der Waals surface area (Å²) >= 11 is 0. The standard InChI is InChI=1S/C31H36F3N5O4S/c1-2-38-20-36-29-26(38)16-23(17-27(29)39-12-7-13-44(39,42)43)30(41)37-25(15-21-8-4-3-5-9-21)28(40)19-35-18-22-10-6-11-24(14-22)31(32,33)34/h3-6,8-11,14,16-17,20,25,28,35,40,42-43H,2,7,12-13,15,18-19H2,1H3,(H,37,41)/t25-,28-/m0/s1. The monoisotopic (exact) mass is 631 g/mol. The first-order chi connectivity index (χ1) is 21.0. The van der Waals surface area contributed by atoms with Crippen LogP contribution in [-0.4, -0.2) is 60.7 Å². The summed E-state index contributed by atoms with van der Waals surface area (Å²) in [6, 6.07) is 16.9. The van der Waals surface area contributed by atoms with E-state index >= 15 is 0 Å². The number of aryl methyl sites for hydroxylation is 1. The molecule has 236 valence electrons. The average molecular weight is 632 g/mol. The van der Waals surface area contributed by atoms with Crippen molar-refractivity contribution < 1.29 is 32.2 Å². The van der Waals surface area contributed by atoms with Crippen LogP contribution in [0.1, 0.15) is 40.4 Å². The Morgan fingerprint density at radius 1 is 1.07 bits per heavy atom. The van der Waals surface area contributed by atoms with E-state index in [2.05, 4.69) is 15.6 Å². The lowest BCUT2D eigenvalue weighted by atomic mass is 10.00. The summed E-state index contributed by atoms with van der Waals surface area (Å²) < 4.78 is 64.1. The van der Waals surface area contributed by atoms with Gasteiger partial charge in [-0.3, -0.25) is 18.2 Å². The third-order valence-electron chi connectivity index (χ3n) is 7.73. The first-order valence-electron chi connectivity index (χ1n) is 14.4. The number of fused-ring (bicyclic) bond motifs is 1. The van der Waals surface area contributed by atoms with E-state index in [1.165, 1.54) is 10.4 Å². The van der Waals surface area contributed by atoms with E-state index in [1.54, 1.807) is 24.5 Å². The highest BCUT2D eigenvalue weighted by molar-refractivity contribution is 8.25. The van der Waals surface area contributed by atoms with Gasteiger partial charge in [-0.2, -0.15) is 13.2 Å². The van der Waals surface area contributed by atoms with E-state index in [-0.39, 0.29) is 24.4 Å². The second kappa shape index (κ2) is 13.2. The van der Waals surface area contributed by atoms with Crippen LogP contribution >= 0.6 is 10.8 Å². The Kier molecular flexibility index (Phi) is 9.51. The molecule has 1 aliphatic rings. The predicted molar refractivity (Wildman–Crippen MR) is 166 cm³/mol. The number of benzene rings is 3. The number of aromatic nitrogens is 2. The quantitative estimate of drug-likeness (QED) is 0.149. The fraction of sp³-hybridized carbons (Fsp3) is 0.355. The van der Waals surface area contributed by atoms with Crippen LogP contribution in [0.3, 0.4) is 0 Å². The van der Waals surface area contributed by atoms with Gasteiger partial charge in [-0.25, -0.2) is 4.98 Å². The number of aliphatic hydroxyl groups excluding tert-OH is 1. The number of nitrogens with zero attached hydrogens (tertiary/aromatic N) is 3. The number of alkyl halides is 3. The highest BCUT2D eigenvalue weighted by atomic mass is 32.3. The molecule has 0 radical (unpaired) electrons.